The van der Waals surface area contributed by atoms with Crippen LogP contribution in [0.3, 0.4) is 0 Å². The van der Waals surface area contributed by atoms with Crippen LogP contribution in [-0.2, 0) is 16.1 Å². The SMILES string of the molecule is C[C@@H](NC(=O)OCc1ccccc1)C(=O)Oc1ccc(Cl)cc1C(=O)Nc1cccc(Cl)c1. The summed E-state index contributed by atoms with van der Waals surface area (Å²) >= 11 is 12.0. The third kappa shape index (κ3) is 7.24. The van der Waals surface area contributed by atoms with Gasteiger partial charge in [-0.15, -0.1) is 0 Å². The first kappa shape index (κ1) is 24.1. The van der Waals surface area contributed by atoms with Crippen molar-refractivity contribution in [2.75, 3.05) is 5.32 Å². The molecule has 0 heterocycles. The van der Waals surface area contributed by atoms with Crippen molar-refractivity contribution in [3.05, 3.63) is 94.0 Å². The highest BCUT2D eigenvalue weighted by atomic mass is 35.5. The molecule has 0 radical (unpaired) electrons. The van der Waals surface area contributed by atoms with Crippen LogP contribution in [0, 0.1) is 0 Å². The third-order valence-corrected chi connectivity index (χ3v) is 4.85. The smallest absolute Gasteiger partial charge is 0.408 e. The van der Waals surface area contributed by atoms with E-state index in [0.29, 0.717) is 10.7 Å². The fourth-order valence-electron chi connectivity index (χ4n) is 2.73. The molecule has 3 rings (SSSR count). The summed E-state index contributed by atoms with van der Waals surface area (Å²) in [4.78, 5) is 37.3. The topological polar surface area (TPSA) is 93.7 Å². The van der Waals surface area contributed by atoms with Gasteiger partial charge in [0, 0.05) is 15.7 Å². The molecule has 0 bridgehead atoms. The van der Waals surface area contributed by atoms with E-state index in [9.17, 15) is 14.4 Å². The number of halogens is 2. The lowest BCUT2D eigenvalue weighted by molar-refractivity contribution is -0.136. The molecular weight excluding hydrogens is 467 g/mol. The van der Waals surface area contributed by atoms with E-state index in [-0.39, 0.29) is 22.9 Å². The zero-order valence-electron chi connectivity index (χ0n) is 17.5. The van der Waals surface area contributed by atoms with Gasteiger partial charge in [-0.1, -0.05) is 59.6 Å². The Balaban J connectivity index is 1.62. The van der Waals surface area contributed by atoms with Gasteiger partial charge in [0.25, 0.3) is 5.91 Å². The molecular formula is C24H20Cl2N2O5. The van der Waals surface area contributed by atoms with E-state index in [2.05, 4.69) is 10.6 Å². The Morgan fingerprint density at radius 2 is 1.64 bits per heavy atom. The van der Waals surface area contributed by atoms with Crippen LogP contribution >= 0.6 is 23.2 Å². The van der Waals surface area contributed by atoms with Gasteiger partial charge in [0.05, 0.1) is 5.56 Å². The van der Waals surface area contributed by atoms with E-state index < -0.39 is 24.0 Å². The van der Waals surface area contributed by atoms with Crippen molar-refractivity contribution in [2.45, 2.75) is 19.6 Å². The zero-order valence-corrected chi connectivity index (χ0v) is 19.0. The molecule has 0 aliphatic rings. The van der Waals surface area contributed by atoms with Crippen LogP contribution in [0.5, 0.6) is 5.75 Å². The molecule has 0 unspecified atom stereocenters. The zero-order chi connectivity index (χ0) is 23.8. The highest BCUT2D eigenvalue weighted by Crippen LogP contribution is 2.25. The molecule has 0 aliphatic carbocycles. The average molecular weight is 487 g/mol. The van der Waals surface area contributed by atoms with Gasteiger partial charge in [-0.05, 0) is 48.9 Å². The summed E-state index contributed by atoms with van der Waals surface area (Å²) in [6.07, 6.45) is -0.779. The number of carbonyl (C=O) groups excluding carboxylic acids is 3. The van der Waals surface area contributed by atoms with Crippen LogP contribution in [0.2, 0.25) is 10.0 Å². The molecule has 3 aromatic carbocycles. The number of anilines is 1. The molecule has 3 aromatic rings. The normalized spacial score (nSPS) is 11.2. The fraction of sp³-hybridized carbons (Fsp3) is 0.125. The van der Waals surface area contributed by atoms with Crippen molar-refractivity contribution in [1.82, 2.24) is 5.32 Å². The predicted molar refractivity (Wildman–Crippen MR) is 126 cm³/mol. The van der Waals surface area contributed by atoms with E-state index in [1.54, 1.807) is 24.3 Å². The molecule has 1 atom stereocenters. The minimum Gasteiger partial charge on any atom is -0.445 e. The molecule has 0 aliphatic heterocycles. The maximum atomic E-state index is 12.8. The highest BCUT2D eigenvalue weighted by Gasteiger charge is 2.22. The number of amides is 2. The second-order valence-electron chi connectivity index (χ2n) is 6.95. The first-order chi connectivity index (χ1) is 15.8. The monoisotopic (exact) mass is 486 g/mol. The first-order valence-electron chi connectivity index (χ1n) is 9.87. The maximum absolute atomic E-state index is 12.8. The van der Waals surface area contributed by atoms with Crippen LogP contribution in [0.1, 0.15) is 22.8 Å². The van der Waals surface area contributed by atoms with Crippen molar-refractivity contribution >= 4 is 46.9 Å². The minimum atomic E-state index is -1.03. The lowest BCUT2D eigenvalue weighted by Crippen LogP contribution is -2.41. The number of hydrogen-bond acceptors (Lipinski definition) is 5. The Bertz CT molecular complexity index is 1150. The summed E-state index contributed by atoms with van der Waals surface area (Å²) in [6, 6.07) is 18.9. The summed E-state index contributed by atoms with van der Waals surface area (Å²) in [5.41, 5.74) is 1.30. The second-order valence-corrected chi connectivity index (χ2v) is 7.83. The van der Waals surface area contributed by atoms with Crippen LogP contribution in [0.4, 0.5) is 10.5 Å². The summed E-state index contributed by atoms with van der Waals surface area (Å²) in [5, 5.41) is 5.80. The van der Waals surface area contributed by atoms with Crippen molar-refractivity contribution in [1.29, 1.82) is 0 Å². The number of nitrogens with one attached hydrogen (secondary N) is 2. The van der Waals surface area contributed by atoms with Crippen molar-refractivity contribution in [3.63, 3.8) is 0 Å². The van der Waals surface area contributed by atoms with Crippen molar-refractivity contribution in [3.8, 4) is 5.75 Å². The van der Waals surface area contributed by atoms with Gasteiger partial charge in [-0.25, -0.2) is 9.59 Å². The number of esters is 1. The van der Waals surface area contributed by atoms with Crippen LogP contribution in [-0.4, -0.2) is 24.0 Å². The van der Waals surface area contributed by atoms with Crippen LogP contribution < -0.4 is 15.4 Å². The third-order valence-electron chi connectivity index (χ3n) is 4.38. The van der Waals surface area contributed by atoms with Gasteiger partial charge >= 0.3 is 12.1 Å². The summed E-state index contributed by atoms with van der Waals surface area (Å²) < 4.78 is 10.5. The fourth-order valence-corrected chi connectivity index (χ4v) is 3.09. The van der Waals surface area contributed by atoms with Crippen molar-refractivity contribution < 1.29 is 23.9 Å². The van der Waals surface area contributed by atoms with Gasteiger partial charge in [0.15, 0.2) is 0 Å². The van der Waals surface area contributed by atoms with Crippen molar-refractivity contribution in [2.24, 2.45) is 0 Å². The molecule has 33 heavy (non-hydrogen) atoms. The molecule has 0 aromatic heterocycles. The number of hydrogen-bond donors (Lipinski definition) is 2. The minimum absolute atomic E-state index is 0.0183. The standard InChI is InChI=1S/C24H20Cl2N2O5/c1-15(27-24(31)32-14-16-6-3-2-4-7-16)23(30)33-21-11-10-18(26)13-20(21)22(29)28-19-9-5-8-17(25)12-19/h2-13,15H,14H2,1H3,(H,27,31)(H,28,29)/t15-/m1/s1. The molecule has 7 nitrogen and oxygen atoms in total. The molecule has 9 heteroatoms. The molecule has 0 fully saturated rings. The predicted octanol–water partition coefficient (Wildman–Crippen LogP) is 5.47. The largest absolute Gasteiger partial charge is 0.445 e. The van der Waals surface area contributed by atoms with E-state index in [4.69, 9.17) is 32.7 Å². The summed E-state index contributed by atoms with van der Waals surface area (Å²) in [6.45, 7) is 1.49. The Morgan fingerprint density at radius 3 is 2.36 bits per heavy atom. The Labute approximate surface area is 200 Å². The highest BCUT2D eigenvalue weighted by molar-refractivity contribution is 6.31. The number of ether oxygens (including phenoxy) is 2. The quantitative estimate of drug-likeness (QED) is 0.341. The van der Waals surface area contributed by atoms with E-state index >= 15 is 0 Å². The maximum Gasteiger partial charge on any atom is 0.408 e. The average Bonchev–Trinajstić information content (AvgIpc) is 2.79. The lowest BCUT2D eigenvalue weighted by atomic mass is 10.1. The Hall–Kier alpha value is -3.55. The number of benzene rings is 3. The molecule has 170 valence electrons. The van der Waals surface area contributed by atoms with Gasteiger partial charge in [-0.3, -0.25) is 4.79 Å². The molecule has 2 N–H and O–H groups in total. The van der Waals surface area contributed by atoms with Crippen LogP contribution in [0.15, 0.2) is 72.8 Å². The second kappa shape index (κ2) is 11.4. The van der Waals surface area contributed by atoms with Gasteiger partial charge in [0.2, 0.25) is 0 Å². The van der Waals surface area contributed by atoms with E-state index in [0.717, 1.165) is 5.56 Å². The van der Waals surface area contributed by atoms with E-state index in [1.165, 1.54) is 25.1 Å². The number of carbonyl (C=O) groups is 3. The van der Waals surface area contributed by atoms with Gasteiger partial charge in [-0.2, -0.15) is 0 Å². The molecule has 0 saturated carbocycles. The lowest BCUT2D eigenvalue weighted by Gasteiger charge is -2.15. The molecule has 0 spiro atoms. The number of alkyl carbamates (subject to hydrolysis) is 1. The number of rotatable bonds is 7. The summed E-state index contributed by atoms with van der Waals surface area (Å²) in [7, 11) is 0. The first-order valence-corrected chi connectivity index (χ1v) is 10.6. The molecule has 2 amide bonds. The Kier molecular flexibility index (Phi) is 8.29. The summed E-state index contributed by atoms with van der Waals surface area (Å²) in [5.74, 6) is -1.36. The van der Waals surface area contributed by atoms with E-state index in [1.807, 2.05) is 30.3 Å². The Morgan fingerprint density at radius 1 is 0.909 bits per heavy atom. The van der Waals surface area contributed by atoms with Gasteiger partial charge in [0.1, 0.15) is 18.4 Å². The molecule has 0 saturated heterocycles. The van der Waals surface area contributed by atoms with Gasteiger partial charge < -0.3 is 20.1 Å². The van der Waals surface area contributed by atoms with Crippen LogP contribution in [0.25, 0.3) is 0 Å².